The van der Waals surface area contributed by atoms with Gasteiger partial charge in [-0.1, -0.05) is 6.92 Å². The van der Waals surface area contributed by atoms with Crippen LogP contribution in [0.5, 0.6) is 5.75 Å². The summed E-state index contributed by atoms with van der Waals surface area (Å²) in [5, 5.41) is 0.933. The van der Waals surface area contributed by atoms with Gasteiger partial charge in [0.25, 0.3) is 0 Å². The van der Waals surface area contributed by atoms with Gasteiger partial charge in [-0.3, -0.25) is 4.90 Å². The third-order valence-corrected chi connectivity index (χ3v) is 6.98. The van der Waals surface area contributed by atoms with Crippen LogP contribution in [0.2, 0.25) is 0 Å². The molecule has 1 saturated heterocycles. The van der Waals surface area contributed by atoms with Crippen molar-refractivity contribution in [3.05, 3.63) is 39.2 Å². The van der Waals surface area contributed by atoms with E-state index >= 15 is 0 Å². The molecule has 0 unspecified atom stereocenters. The first-order chi connectivity index (χ1) is 11.9. The Hall–Kier alpha value is -1.86. The number of hydrogen-bond acceptors (Lipinski definition) is 6. The highest BCUT2D eigenvalue weighted by atomic mass is 32.2. The standard InChI is InChI=1S/C18H21NO5S/c1-3-12-7-16(20)24-18-11(2)17-13(6-15(12)18)8-19(10-23-17)14-4-5-25(21,22)9-14/h6-7,14H,3-5,8-10H2,1-2H3/t14-/m0/s1. The molecule has 6 nitrogen and oxygen atoms in total. The number of aryl methyl sites for hydroxylation is 2. The van der Waals surface area contributed by atoms with Crippen LogP contribution in [0.1, 0.15) is 30.0 Å². The van der Waals surface area contributed by atoms with Crippen LogP contribution < -0.4 is 10.4 Å². The summed E-state index contributed by atoms with van der Waals surface area (Å²) in [5.41, 5.74) is 3.04. The summed E-state index contributed by atoms with van der Waals surface area (Å²) in [5.74, 6) is 1.21. The summed E-state index contributed by atoms with van der Waals surface area (Å²) in [6.45, 7) is 4.92. The van der Waals surface area contributed by atoms with Crippen LogP contribution in [0, 0.1) is 6.92 Å². The molecule has 0 bridgehead atoms. The third-order valence-electron chi connectivity index (χ3n) is 5.23. The fourth-order valence-corrected chi connectivity index (χ4v) is 5.65. The monoisotopic (exact) mass is 363 g/mol. The smallest absolute Gasteiger partial charge is 0.336 e. The molecule has 1 aromatic carbocycles. The van der Waals surface area contributed by atoms with Crippen LogP contribution >= 0.6 is 0 Å². The van der Waals surface area contributed by atoms with Crippen molar-refractivity contribution in [2.45, 2.75) is 39.3 Å². The Labute approximate surface area is 146 Å². The minimum absolute atomic E-state index is 0.00787. The topological polar surface area (TPSA) is 76.8 Å². The van der Waals surface area contributed by atoms with E-state index in [2.05, 4.69) is 4.90 Å². The van der Waals surface area contributed by atoms with Gasteiger partial charge in [0.1, 0.15) is 18.1 Å². The van der Waals surface area contributed by atoms with Crippen molar-refractivity contribution in [1.82, 2.24) is 4.90 Å². The fraction of sp³-hybridized carbons (Fsp3) is 0.500. The minimum Gasteiger partial charge on any atom is -0.477 e. The molecule has 7 heteroatoms. The van der Waals surface area contributed by atoms with Crippen molar-refractivity contribution >= 4 is 20.8 Å². The van der Waals surface area contributed by atoms with Crippen molar-refractivity contribution < 1.29 is 17.6 Å². The summed E-state index contributed by atoms with van der Waals surface area (Å²) in [4.78, 5) is 13.9. The molecular weight excluding hydrogens is 342 g/mol. The van der Waals surface area contributed by atoms with Gasteiger partial charge in [0, 0.05) is 35.2 Å². The number of hydrogen-bond donors (Lipinski definition) is 0. The Kier molecular flexibility index (Phi) is 3.88. The van der Waals surface area contributed by atoms with Crippen LogP contribution in [0.25, 0.3) is 11.0 Å². The average molecular weight is 363 g/mol. The van der Waals surface area contributed by atoms with Crippen molar-refractivity contribution in [2.24, 2.45) is 0 Å². The number of ether oxygens (including phenoxy) is 1. The van der Waals surface area contributed by atoms with E-state index in [1.54, 1.807) is 6.07 Å². The summed E-state index contributed by atoms with van der Waals surface area (Å²) in [6, 6.07) is 3.57. The van der Waals surface area contributed by atoms with E-state index in [0.717, 1.165) is 34.2 Å². The van der Waals surface area contributed by atoms with E-state index in [1.165, 1.54) is 0 Å². The highest BCUT2D eigenvalue weighted by Crippen LogP contribution is 2.37. The number of sulfone groups is 1. The quantitative estimate of drug-likeness (QED) is 0.760. The fourth-order valence-electron chi connectivity index (χ4n) is 3.89. The lowest BCUT2D eigenvalue weighted by molar-refractivity contribution is 0.0641. The Morgan fingerprint density at radius 3 is 2.80 bits per heavy atom. The number of nitrogens with zero attached hydrogens (tertiary/aromatic N) is 1. The van der Waals surface area contributed by atoms with Gasteiger partial charge in [-0.15, -0.1) is 0 Å². The summed E-state index contributed by atoms with van der Waals surface area (Å²) in [7, 11) is -2.93. The Bertz CT molecular complexity index is 1010. The van der Waals surface area contributed by atoms with E-state index in [4.69, 9.17) is 9.15 Å². The Morgan fingerprint density at radius 1 is 1.32 bits per heavy atom. The zero-order valence-corrected chi connectivity index (χ0v) is 15.2. The van der Waals surface area contributed by atoms with Crippen molar-refractivity contribution in [3.63, 3.8) is 0 Å². The second-order valence-electron chi connectivity index (χ2n) is 6.89. The molecule has 134 valence electrons. The normalized spacial score (nSPS) is 22.7. The van der Waals surface area contributed by atoms with Gasteiger partial charge < -0.3 is 9.15 Å². The first-order valence-electron chi connectivity index (χ1n) is 8.54. The lowest BCUT2D eigenvalue weighted by Gasteiger charge is -2.33. The molecule has 2 aromatic rings. The minimum atomic E-state index is -2.93. The third kappa shape index (κ3) is 2.85. The zero-order chi connectivity index (χ0) is 17.8. The maximum atomic E-state index is 11.8. The van der Waals surface area contributed by atoms with Gasteiger partial charge in [0.2, 0.25) is 0 Å². The van der Waals surface area contributed by atoms with Crippen LogP contribution in [0.15, 0.2) is 21.3 Å². The summed E-state index contributed by atoms with van der Waals surface area (Å²) >= 11 is 0. The molecule has 1 atom stereocenters. The maximum absolute atomic E-state index is 11.8. The van der Waals surface area contributed by atoms with E-state index < -0.39 is 9.84 Å². The van der Waals surface area contributed by atoms with Gasteiger partial charge in [-0.2, -0.15) is 0 Å². The van der Waals surface area contributed by atoms with Crippen molar-refractivity contribution in [1.29, 1.82) is 0 Å². The molecule has 3 heterocycles. The molecule has 2 aliphatic heterocycles. The Balaban J connectivity index is 1.76. The predicted molar refractivity (Wildman–Crippen MR) is 94.7 cm³/mol. The molecule has 25 heavy (non-hydrogen) atoms. The molecular formula is C18H21NO5S. The largest absolute Gasteiger partial charge is 0.477 e. The molecule has 1 fully saturated rings. The summed E-state index contributed by atoms with van der Waals surface area (Å²) in [6.07, 6.45) is 1.40. The number of rotatable bonds is 2. The number of benzene rings is 1. The van der Waals surface area contributed by atoms with Gasteiger partial charge in [0.15, 0.2) is 9.84 Å². The van der Waals surface area contributed by atoms with E-state index in [0.29, 0.717) is 25.3 Å². The molecule has 0 saturated carbocycles. The lowest BCUT2D eigenvalue weighted by atomic mass is 9.99. The molecule has 0 spiro atoms. The van der Waals surface area contributed by atoms with Crippen LogP contribution in [0.4, 0.5) is 0 Å². The Morgan fingerprint density at radius 2 is 2.12 bits per heavy atom. The molecule has 1 aromatic heterocycles. The molecule has 0 N–H and O–H groups in total. The SMILES string of the molecule is CCc1cc(=O)oc2c(C)c3c(cc12)CN([C@H]1CCS(=O)(=O)C1)CO3. The second kappa shape index (κ2) is 5.85. The molecule has 0 radical (unpaired) electrons. The first-order valence-corrected chi connectivity index (χ1v) is 10.4. The number of fused-ring (bicyclic) bond motifs is 2. The predicted octanol–water partition coefficient (Wildman–Crippen LogP) is 2.00. The van der Waals surface area contributed by atoms with Crippen molar-refractivity contribution in [2.75, 3.05) is 18.2 Å². The second-order valence-corrected chi connectivity index (χ2v) is 9.12. The highest BCUT2D eigenvalue weighted by Gasteiger charge is 2.35. The van der Waals surface area contributed by atoms with Gasteiger partial charge >= 0.3 is 5.63 Å². The van der Waals surface area contributed by atoms with Crippen LogP contribution in [0.3, 0.4) is 0 Å². The van der Waals surface area contributed by atoms with Gasteiger partial charge in [-0.05, 0) is 31.4 Å². The van der Waals surface area contributed by atoms with E-state index in [-0.39, 0.29) is 23.2 Å². The molecule has 0 amide bonds. The first kappa shape index (κ1) is 16.6. The van der Waals surface area contributed by atoms with Crippen LogP contribution in [-0.4, -0.2) is 37.6 Å². The van der Waals surface area contributed by atoms with Gasteiger partial charge in [-0.25, -0.2) is 13.2 Å². The molecule has 2 aliphatic rings. The van der Waals surface area contributed by atoms with E-state index in [1.807, 2.05) is 19.9 Å². The average Bonchev–Trinajstić information content (AvgIpc) is 2.95. The van der Waals surface area contributed by atoms with E-state index in [9.17, 15) is 13.2 Å². The molecule has 0 aliphatic carbocycles. The van der Waals surface area contributed by atoms with Crippen molar-refractivity contribution in [3.8, 4) is 5.75 Å². The van der Waals surface area contributed by atoms with Gasteiger partial charge in [0.05, 0.1) is 11.5 Å². The molecule has 4 rings (SSSR count). The zero-order valence-electron chi connectivity index (χ0n) is 14.4. The highest BCUT2D eigenvalue weighted by molar-refractivity contribution is 7.91. The van der Waals surface area contributed by atoms with Crippen LogP contribution in [-0.2, 0) is 22.8 Å². The lowest BCUT2D eigenvalue weighted by Crippen LogP contribution is -2.41. The summed E-state index contributed by atoms with van der Waals surface area (Å²) < 4.78 is 34.9. The maximum Gasteiger partial charge on any atom is 0.336 e.